The molecule has 0 fully saturated rings. The summed E-state index contributed by atoms with van der Waals surface area (Å²) in [6.45, 7) is 3.34. The van der Waals surface area contributed by atoms with E-state index in [2.05, 4.69) is 10.3 Å². The van der Waals surface area contributed by atoms with Crippen molar-refractivity contribution in [3.8, 4) is 10.6 Å². The van der Waals surface area contributed by atoms with E-state index in [9.17, 15) is 9.18 Å². The quantitative estimate of drug-likeness (QED) is 0.889. The van der Waals surface area contributed by atoms with Gasteiger partial charge in [-0.15, -0.1) is 11.3 Å². The summed E-state index contributed by atoms with van der Waals surface area (Å²) >= 11 is 1.48. The molecule has 0 spiro atoms. The number of aromatic nitrogens is 1. The number of halogens is 1. The van der Waals surface area contributed by atoms with Crippen molar-refractivity contribution < 1.29 is 9.18 Å². The van der Waals surface area contributed by atoms with E-state index in [0.717, 1.165) is 27.7 Å². The van der Waals surface area contributed by atoms with Crippen molar-refractivity contribution in [2.24, 2.45) is 0 Å². The second-order valence-electron chi connectivity index (χ2n) is 5.36. The summed E-state index contributed by atoms with van der Waals surface area (Å²) in [6, 6.07) is 6.24. The van der Waals surface area contributed by atoms with Crippen molar-refractivity contribution in [1.82, 2.24) is 15.2 Å². The molecule has 0 aliphatic heterocycles. The molecule has 1 aromatic heterocycles. The largest absolute Gasteiger partial charge is 0.355 e. The molecule has 0 saturated heterocycles. The number of nitrogens with one attached hydrogen (secondary N) is 1. The third-order valence-corrected chi connectivity index (χ3v) is 4.39. The topological polar surface area (TPSA) is 45.2 Å². The Kier molecular flexibility index (Phi) is 5.63. The van der Waals surface area contributed by atoms with Crippen molar-refractivity contribution >= 4 is 17.2 Å². The van der Waals surface area contributed by atoms with Gasteiger partial charge in [0, 0.05) is 23.5 Å². The van der Waals surface area contributed by atoms with Gasteiger partial charge in [0.05, 0.1) is 12.1 Å². The van der Waals surface area contributed by atoms with Crippen LogP contribution in [0.15, 0.2) is 24.3 Å². The minimum absolute atomic E-state index is 0.000689. The van der Waals surface area contributed by atoms with E-state index < -0.39 is 0 Å². The molecule has 0 unspecified atom stereocenters. The maximum Gasteiger partial charge on any atom is 0.225 e. The van der Waals surface area contributed by atoms with Crippen LogP contribution in [0.3, 0.4) is 0 Å². The number of benzene rings is 1. The van der Waals surface area contributed by atoms with Crippen LogP contribution in [0.2, 0.25) is 0 Å². The van der Waals surface area contributed by atoms with Crippen molar-refractivity contribution in [3.05, 3.63) is 40.7 Å². The first-order valence-electron chi connectivity index (χ1n) is 7.09. The third kappa shape index (κ3) is 4.61. The lowest BCUT2D eigenvalue weighted by Crippen LogP contribution is -2.32. The Morgan fingerprint density at radius 3 is 2.64 bits per heavy atom. The van der Waals surface area contributed by atoms with Gasteiger partial charge in [0.2, 0.25) is 5.91 Å². The number of hydrogen-bond acceptors (Lipinski definition) is 4. The highest BCUT2D eigenvalue weighted by molar-refractivity contribution is 7.15. The van der Waals surface area contributed by atoms with Crippen molar-refractivity contribution in [1.29, 1.82) is 0 Å². The van der Waals surface area contributed by atoms with Gasteiger partial charge in [0.15, 0.2) is 0 Å². The first kappa shape index (κ1) is 16.6. The second-order valence-corrected chi connectivity index (χ2v) is 6.45. The highest BCUT2D eigenvalue weighted by Gasteiger charge is 2.13. The molecule has 0 aliphatic rings. The molecule has 0 saturated carbocycles. The molecular formula is C16H20FN3OS. The zero-order chi connectivity index (χ0) is 16.1. The van der Waals surface area contributed by atoms with Crippen LogP contribution in [0.5, 0.6) is 0 Å². The zero-order valence-corrected chi connectivity index (χ0v) is 13.8. The molecular weight excluding hydrogens is 301 g/mol. The van der Waals surface area contributed by atoms with Gasteiger partial charge in [0.1, 0.15) is 10.8 Å². The Balaban J connectivity index is 2.00. The number of nitrogens with zero attached hydrogens (tertiary/aromatic N) is 2. The predicted molar refractivity (Wildman–Crippen MR) is 87.5 cm³/mol. The third-order valence-electron chi connectivity index (χ3n) is 3.19. The summed E-state index contributed by atoms with van der Waals surface area (Å²) in [5.41, 5.74) is 1.72. The molecule has 2 rings (SSSR count). The van der Waals surface area contributed by atoms with Crippen molar-refractivity contribution in [2.75, 3.05) is 27.2 Å². The summed E-state index contributed by atoms with van der Waals surface area (Å²) in [5, 5.41) is 3.71. The van der Waals surface area contributed by atoms with Gasteiger partial charge in [-0.05, 0) is 45.3 Å². The monoisotopic (exact) mass is 321 g/mol. The Morgan fingerprint density at radius 2 is 2.00 bits per heavy atom. The molecule has 0 aliphatic carbocycles. The summed E-state index contributed by atoms with van der Waals surface area (Å²) in [7, 11) is 3.93. The number of thiazole rings is 1. The number of hydrogen-bond donors (Lipinski definition) is 1. The maximum atomic E-state index is 13.0. The van der Waals surface area contributed by atoms with E-state index in [-0.39, 0.29) is 11.7 Å². The first-order valence-corrected chi connectivity index (χ1v) is 7.91. The predicted octanol–water partition coefficient (Wildman–Crippen LogP) is 2.48. The van der Waals surface area contributed by atoms with E-state index in [1.54, 1.807) is 12.1 Å². The second kappa shape index (κ2) is 7.47. The van der Waals surface area contributed by atoms with Crippen LogP contribution in [0.25, 0.3) is 10.6 Å². The van der Waals surface area contributed by atoms with Crippen LogP contribution < -0.4 is 5.32 Å². The minimum atomic E-state index is -0.266. The van der Waals surface area contributed by atoms with Crippen LogP contribution in [0, 0.1) is 12.7 Å². The van der Waals surface area contributed by atoms with Crippen molar-refractivity contribution in [2.45, 2.75) is 13.3 Å². The Morgan fingerprint density at radius 1 is 1.32 bits per heavy atom. The van der Waals surface area contributed by atoms with E-state index in [0.29, 0.717) is 13.0 Å². The van der Waals surface area contributed by atoms with Crippen LogP contribution in [0.1, 0.15) is 10.6 Å². The molecule has 4 nitrogen and oxygen atoms in total. The lowest BCUT2D eigenvalue weighted by molar-refractivity contribution is -0.120. The van der Waals surface area contributed by atoms with Gasteiger partial charge in [0.25, 0.3) is 0 Å². The Bertz CT molecular complexity index is 637. The molecule has 1 aromatic carbocycles. The fourth-order valence-electron chi connectivity index (χ4n) is 1.94. The highest BCUT2D eigenvalue weighted by atomic mass is 32.1. The summed E-state index contributed by atoms with van der Waals surface area (Å²) in [4.78, 5) is 19.4. The van der Waals surface area contributed by atoms with Crippen LogP contribution in [-0.2, 0) is 11.2 Å². The van der Waals surface area contributed by atoms with Crippen LogP contribution in [0.4, 0.5) is 4.39 Å². The van der Waals surface area contributed by atoms with E-state index in [1.165, 1.54) is 23.5 Å². The summed E-state index contributed by atoms with van der Waals surface area (Å²) in [5.74, 6) is -0.267. The summed E-state index contributed by atoms with van der Waals surface area (Å²) < 4.78 is 13.0. The van der Waals surface area contributed by atoms with Crippen LogP contribution in [-0.4, -0.2) is 43.0 Å². The number of likely N-dealkylation sites (N-methyl/N-ethyl adjacent to an activating group) is 1. The van der Waals surface area contributed by atoms with Gasteiger partial charge in [-0.1, -0.05) is 0 Å². The van der Waals surface area contributed by atoms with E-state index >= 15 is 0 Å². The molecule has 6 heteroatoms. The van der Waals surface area contributed by atoms with Gasteiger partial charge in [-0.25, -0.2) is 9.37 Å². The molecule has 0 bridgehead atoms. The van der Waals surface area contributed by atoms with E-state index in [1.807, 2.05) is 25.9 Å². The SMILES string of the molecule is Cc1nc(-c2ccc(F)cc2)sc1CC(=O)NCCN(C)C. The normalized spacial score (nSPS) is 11.0. The molecule has 0 atom stereocenters. The Hall–Kier alpha value is -1.79. The van der Waals surface area contributed by atoms with Crippen molar-refractivity contribution in [3.63, 3.8) is 0 Å². The maximum absolute atomic E-state index is 13.0. The highest BCUT2D eigenvalue weighted by Crippen LogP contribution is 2.28. The molecule has 118 valence electrons. The zero-order valence-electron chi connectivity index (χ0n) is 13.0. The molecule has 0 radical (unpaired) electrons. The summed E-state index contributed by atoms with van der Waals surface area (Å²) in [6.07, 6.45) is 0.331. The standard InChI is InChI=1S/C16H20FN3OS/c1-11-14(10-15(21)18-8-9-20(2)3)22-16(19-11)12-4-6-13(17)7-5-12/h4-7H,8-10H2,1-3H3,(H,18,21). The molecule has 1 heterocycles. The van der Waals surface area contributed by atoms with Gasteiger partial charge < -0.3 is 10.2 Å². The molecule has 1 amide bonds. The minimum Gasteiger partial charge on any atom is -0.355 e. The number of aryl methyl sites for hydroxylation is 1. The molecule has 22 heavy (non-hydrogen) atoms. The average molecular weight is 321 g/mol. The van der Waals surface area contributed by atoms with Gasteiger partial charge in [-0.3, -0.25) is 4.79 Å². The fraction of sp³-hybridized carbons (Fsp3) is 0.375. The van der Waals surface area contributed by atoms with Gasteiger partial charge in [-0.2, -0.15) is 0 Å². The Labute approximate surface area is 134 Å². The molecule has 2 aromatic rings. The number of carbonyl (C=O) groups is 1. The number of carbonyl (C=O) groups excluding carboxylic acids is 1. The number of rotatable bonds is 6. The van der Waals surface area contributed by atoms with E-state index in [4.69, 9.17) is 0 Å². The van der Waals surface area contributed by atoms with Crippen LogP contribution >= 0.6 is 11.3 Å². The first-order chi connectivity index (χ1) is 10.5. The smallest absolute Gasteiger partial charge is 0.225 e. The number of amides is 1. The molecule has 1 N–H and O–H groups in total. The fourth-order valence-corrected chi connectivity index (χ4v) is 3.00. The lowest BCUT2D eigenvalue weighted by atomic mass is 10.2. The van der Waals surface area contributed by atoms with Gasteiger partial charge >= 0.3 is 0 Å². The lowest BCUT2D eigenvalue weighted by Gasteiger charge is -2.09. The average Bonchev–Trinajstić information content (AvgIpc) is 2.80.